The molecule has 8 heteroatoms. The van der Waals surface area contributed by atoms with Gasteiger partial charge >= 0.3 is 0 Å². The molecular formula is C18H30N6O2. The summed E-state index contributed by atoms with van der Waals surface area (Å²) in [5.74, 6) is 1.07. The van der Waals surface area contributed by atoms with E-state index in [-0.39, 0.29) is 18.6 Å². The first-order valence-corrected chi connectivity index (χ1v) is 9.05. The van der Waals surface area contributed by atoms with Crippen LogP contribution in [0.1, 0.15) is 13.8 Å². The molecule has 1 amide bonds. The summed E-state index contributed by atoms with van der Waals surface area (Å²) in [7, 11) is 1.68. The molecule has 0 aliphatic carbocycles. The van der Waals surface area contributed by atoms with Crippen LogP contribution in [0.25, 0.3) is 0 Å². The zero-order valence-electron chi connectivity index (χ0n) is 15.9. The monoisotopic (exact) mass is 362 g/mol. The van der Waals surface area contributed by atoms with Crippen LogP contribution in [0.3, 0.4) is 0 Å². The van der Waals surface area contributed by atoms with Gasteiger partial charge in [-0.25, -0.2) is 0 Å². The second kappa shape index (κ2) is 10.7. The van der Waals surface area contributed by atoms with Crippen molar-refractivity contribution in [2.45, 2.75) is 20.0 Å². The van der Waals surface area contributed by atoms with E-state index in [2.05, 4.69) is 44.7 Å². The summed E-state index contributed by atoms with van der Waals surface area (Å²) in [6.45, 7) is 8.95. The van der Waals surface area contributed by atoms with Crippen LogP contribution in [0.15, 0.2) is 29.5 Å². The van der Waals surface area contributed by atoms with Crippen LogP contribution in [0, 0.1) is 5.92 Å². The number of guanidine groups is 1. The molecule has 1 atom stereocenters. The highest BCUT2D eigenvalue weighted by Crippen LogP contribution is 2.07. The standard InChI is InChI=1S/C18H30N6O2/c1-14(2)12-24-7-8-26-16(13-24)10-21-18(19-3)22-11-17(25)23-15-5-4-6-20-9-15/h4-6,9,14,16H,7-8,10-13H2,1-3H3,(H,23,25)(H2,19,21,22). The zero-order chi connectivity index (χ0) is 18.8. The van der Waals surface area contributed by atoms with Gasteiger partial charge in [-0.3, -0.25) is 19.7 Å². The minimum atomic E-state index is -0.155. The summed E-state index contributed by atoms with van der Waals surface area (Å²) in [5, 5.41) is 9.01. The van der Waals surface area contributed by atoms with Gasteiger partial charge < -0.3 is 20.7 Å². The van der Waals surface area contributed by atoms with Crippen LogP contribution in [0.2, 0.25) is 0 Å². The molecule has 0 radical (unpaired) electrons. The van der Waals surface area contributed by atoms with Gasteiger partial charge in [-0.15, -0.1) is 0 Å². The van der Waals surface area contributed by atoms with E-state index in [0.29, 0.717) is 24.1 Å². The lowest BCUT2D eigenvalue weighted by molar-refractivity contribution is -0.115. The van der Waals surface area contributed by atoms with Crippen molar-refractivity contribution >= 4 is 17.6 Å². The molecule has 1 fully saturated rings. The maximum atomic E-state index is 12.0. The van der Waals surface area contributed by atoms with Gasteiger partial charge in [-0.1, -0.05) is 13.8 Å². The highest BCUT2D eigenvalue weighted by molar-refractivity contribution is 5.94. The minimum absolute atomic E-state index is 0.116. The van der Waals surface area contributed by atoms with Crippen molar-refractivity contribution < 1.29 is 9.53 Å². The normalized spacial score (nSPS) is 18.6. The van der Waals surface area contributed by atoms with Crippen molar-refractivity contribution in [1.82, 2.24) is 20.5 Å². The molecule has 0 bridgehead atoms. The summed E-state index contributed by atoms with van der Waals surface area (Å²) < 4.78 is 5.82. The number of amides is 1. The topological polar surface area (TPSA) is 90.9 Å². The molecule has 1 aliphatic rings. The fourth-order valence-corrected chi connectivity index (χ4v) is 2.82. The van der Waals surface area contributed by atoms with Crippen LogP contribution in [-0.4, -0.2) is 74.2 Å². The Labute approximate surface area is 155 Å². The number of carbonyl (C=O) groups is 1. The van der Waals surface area contributed by atoms with E-state index in [1.807, 2.05) is 0 Å². The molecule has 0 aromatic carbocycles. The van der Waals surface area contributed by atoms with Crippen molar-refractivity contribution in [3.63, 3.8) is 0 Å². The number of aromatic nitrogens is 1. The van der Waals surface area contributed by atoms with Crippen LogP contribution < -0.4 is 16.0 Å². The van der Waals surface area contributed by atoms with Crippen LogP contribution in [-0.2, 0) is 9.53 Å². The highest BCUT2D eigenvalue weighted by Gasteiger charge is 2.21. The number of carbonyl (C=O) groups excluding carboxylic acids is 1. The summed E-state index contributed by atoms with van der Waals surface area (Å²) in [5.41, 5.74) is 0.670. The molecule has 1 aliphatic heterocycles. The molecule has 26 heavy (non-hydrogen) atoms. The molecule has 0 saturated carbocycles. The Hall–Kier alpha value is -2.19. The third-order valence-corrected chi connectivity index (χ3v) is 3.93. The first kappa shape index (κ1) is 20.1. The lowest BCUT2D eigenvalue weighted by atomic mass is 10.2. The van der Waals surface area contributed by atoms with E-state index in [9.17, 15) is 4.79 Å². The Balaban J connectivity index is 1.69. The van der Waals surface area contributed by atoms with E-state index < -0.39 is 0 Å². The first-order valence-electron chi connectivity index (χ1n) is 9.05. The third-order valence-electron chi connectivity index (χ3n) is 3.93. The molecule has 1 unspecified atom stereocenters. The number of pyridine rings is 1. The van der Waals surface area contributed by atoms with Gasteiger partial charge in [0.05, 0.1) is 31.1 Å². The highest BCUT2D eigenvalue weighted by atomic mass is 16.5. The fraction of sp³-hybridized carbons (Fsp3) is 0.611. The summed E-state index contributed by atoms with van der Waals surface area (Å²) in [6.07, 6.45) is 3.38. The van der Waals surface area contributed by atoms with Gasteiger partial charge in [0, 0.05) is 39.4 Å². The maximum Gasteiger partial charge on any atom is 0.243 e. The van der Waals surface area contributed by atoms with Gasteiger partial charge in [-0.2, -0.15) is 0 Å². The maximum absolute atomic E-state index is 12.0. The van der Waals surface area contributed by atoms with Crippen molar-refractivity contribution in [3.05, 3.63) is 24.5 Å². The number of aliphatic imine (C=N–C) groups is 1. The molecule has 2 heterocycles. The van der Waals surface area contributed by atoms with Crippen molar-refractivity contribution in [1.29, 1.82) is 0 Å². The van der Waals surface area contributed by atoms with Crippen molar-refractivity contribution in [2.24, 2.45) is 10.9 Å². The predicted molar refractivity (Wildman–Crippen MR) is 103 cm³/mol. The van der Waals surface area contributed by atoms with E-state index in [1.54, 1.807) is 31.6 Å². The molecule has 0 spiro atoms. The fourth-order valence-electron chi connectivity index (χ4n) is 2.82. The van der Waals surface area contributed by atoms with Gasteiger partial charge in [0.15, 0.2) is 5.96 Å². The summed E-state index contributed by atoms with van der Waals surface area (Å²) in [4.78, 5) is 22.5. The van der Waals surface area contributed by atoms with Gasteiger partial charge in [-0.05, 0) is 18.1 Å². The van der Waals surface area contributed by atoms with E-state index in [4.69, 9.17) is 4.74 Å². The van der Waals surface area contributed by atoms with Crippen LogP contribution >= 0.6 is 0 Å². The first-order chi connectivity index (χ1) is 12.6. The van der Waals surface area contributed by atoms with Gasteiger partial charge in [0.2, 0.25) is 5.91 Å². The Kier molecular flexibility index (Phi) is 8.30. The Morgan fingerprint density at radius 3 is 3.00 bits per heavy atom. The number of anilines is 1. The lowest BCUT2D eigenvalue weighted by Gasteiger charge is -2.34. The largest absolute Gasteiger partial charge is 0.374 e. The minimum Gasteiger partial charge on any atom is -0.374 e. The quantitative estimate of drug-likeness (QED) is 0.485. The average molecular weight is 362 g/mol. The number of nitrogens with zero attached hydrogens (tertiary/aromatic N) is 3. The smallest absolute Gasteiger partial charge is 0.243 e. The van der Waals surface area contributed by atoms with Crippen LogP contribution in [0.4, 0.5) is 5.69 Å². The van der Waals surface area contributed by atoms with Crippen molar-refractivity contribution in [3.8, 4) is 0 Å². The number of morpholine rings is 1. The predicted octanol–water partition coefficient (Wildman–Crippen LogP) is 0.542. The average Bonchev–Trinajstić information content (AvgIpc) is 2.62. The van der Waals surface area contributed by atoms with Gasteiger partial charge in [0.25, 0.3) is 0 Å². The number of ether oxygens (including phenoxy) is 1. The summed E-state index contributed by atoms with van der Waals surface area (Å²) in [6, 6.07) is 3.57. The molecule has 1 aromatic rings. The van der Waals surface area contributed by atoms with Gasteiger partial charge in [0.1, 0.15) is 0 Å². The van der Waals surface area contributed by atoms with E-state index in [0.717, 1.165) is 26.2 Å². The van der Waals surface area contributed by atoms with E-state index >= 15 is 0 Å². The second-order valence-electron chi connectivity index (χ2n) is 6.74. The number of nitrogens with one attached hydrogen (secondary N) is 3. The number of hydrogen-bond acceptors (Lipinski definition) is 5. The number of hydrogen-bond donors (Lipinski definition) is 3. The number of rotatable bonds is 7. The molecule has 1 aromatic heterocycles. The Bertz CT molecular complexity index is 578. The molecule has 1 saturated heterocycles. The van der Waals surface area contributed by atoms with E-state index in [1.165, 1.54) is 0 Å². The SMILES string of the molecule is CN=C(NCC(=O)Nc1cccnc1)NCC1CN(CC(C)C)CCO1. The molecule has 144 valence electrons. The molecule has 8 nitrogen and oxygen atoms in total. The third kappa shape index (κ3) is 7.37. The van der Waals surface area contributed by atoms with Crippen molar-refractivity contribution in [2.75, 3.05) is 51.7 Å². The van der Waals surface area contributed by atoms with Crippen LogP contribution in [0.5, 0.6) is 0 Å². The molecule has 2 rings (SSSR count). The molecular weight excluding hydrogens is 332 g/mol. The second-order valence-corrected chi connectivity index (χ2v) is 6.74. The Morgan fingerprint density at radius 1 is 1.46 bits per heavy atom. The summed E-state index contributed by atoms with van der Waals surface area (Å²) >= 11 is 0. The Morgan fingerprint density at radius 2 is 2.31 bits per heavy atom. The molecule has 3 N–H and O–H groups in total. The zero-order valence-corrected chi connectivity index (χ0v) is 15.9. The lowest BCUT2D eigenvalue weighted by Crippen LogP contribution is -2.50.